The molecule has 4 heterocycles. The highest BCUT2D eigenvalue weighted by Gasteiger charge is 2.34. The van der Waals surface area contributed by atoms with E-state index in [2.05, 4.69) is 15.1 Å². The number of benzene rings is 1. The highest BCUT2D eigenvalue weighted by Crippen LogP contribution is 2.32. The van der Waals surface area contributed by atoms with Gasteiger partial charge in [0.25, 0.3) is 10.0 Å². The van der Waals surface area contributed by atoms with Gasteiger partial charge in [-0.05, 0) is 29.8 Å². The van der Waals surface area contributed by atoms with Gasteiger partial charge in [0.1, 0.15) is 28.3 Å². The number of piperazine rings is 1. The van der Waals surface area contributed by atoms with Gasteiger partial charge in [0.15, 0.2) is 0 Å². The highest BCUT2D eigenvalue weighted by atomic mass is 32.2. The van der Waals surface area contributed by atoms with Gasteiger partial charge in [0, 0.05) is 31.1 Å². The summed E-state index contributed by atoms with van der Waals surface area (Å²) < 4.78 is 32.3. The molecule has 1 aliphatic rings. The molecular formula is C20H18N6O4S2. The summed E-state index contributed by atoms with van der Waals surface area (Å²) in [5.74, 6) is 0.145. The number of fused-ring (bicyclic) bond motifs is 1. The normalized spacial score (nSPS) is 15.5. The largest absolute Gasteiger partial charge is 0.383 e. The lowest BCUT2D eigenvalue weighted by molar-refractivity contribution is -0.134. The van der Waals surface area contributed by atoms with Crippen LogP contribution in [0.15, 0.2) is 57.7 Å². The molecule has 0 unspecified atom stereocenters. The van der Waals surface area contributed by atoms with Crippen LogP contribution in [0.25, 0.3) is 21.5 Å². The lowest BCUT2D eigenvalue weighted by Crippen LogP contribution is -2.51. The van der Waals surface area contributed by atoms with E-state index in [9.17, 15) is 13.2 Å². The van der Waals surface area contributed by atoms with E-state index in [-0.39, 0.29) is 23.2 Å². The molecule has 0 bridgehead atoms. The molecule has 1 aromatic carbocycles. The second-order valence-electron chi connectivity index (χ2n) is 7.27. The lowest BCUT2D eigenvalue weighted by Gasteiger charge is -2.33. The van der Waals surface area contributed by atoms with Crippen LogP contribution in [0.1, 0.15) is 5.56 Å². The summed E-state index contributed by atoms with van der Waals surface area (Å²) in [4.78, 5) is 23.3. The number of carbonyl (C=O) groups is 1. The van der Waals surface area contributed by atoms with Crippen molar-refractivity contribution in [2.75, 3.05) is 25.4 Å². The number of nitrogen functional groups attached to an aromatic ring is 1. The summed E-state index contributed by atoms with van der Waals surface area (Å²) in [5.41, 5.74) is 8.01. The molecule has 1 saturated heterocycles. The standard InChI is InChI=1S/C20H18N6O4S2/c21-20-14-2-1-13(9-16(14)22-12-23-20)10-25-6-7-26(11-18(25)27)32(28,29)19-4-3-17(31-19)15-5-8-30-24-15/h1-5,8-9,12H,6-7,10-11H2,(H2,21,22,23). The van der Waals surface area contributed by atoms with E-state index >= 15 is 0 Å². The lowest BCUT2D eigenvalue weighted by atomic mass is 10.1. The van der Waals surface area contributed by atoms with Crippen molar-refractivity contribution in [3.05, 3.63) is 54.6 Å². The third-order valence-electron chi connectivity index (χ3n) is 5.25. The van der Waals surface area contributed by atoms with Gasteiger partial charge in [-0.25, -0.2) is 18.4 Å². The first kappa shape index (κ1) is 20.5. The Morgan fingerprint density at radius 3 is 2.78 bits per heavy atom. The van der Waals surface area contributed by atoms with Gasteiger partial charge in [0.05, 0.1) is 16.9 Å². The molecule has 12 heteroatoms. The van der Waals surface area contributed by atoms with Crippen molar-refractivity contribution in [2.45, 2.75) is 10.8 Å². The van der Waals surface area contributed by atoms with Crippen molar-refractivity contribution >= 4 is 44.0 Å². The highest BCUT2D eigenvalue weighted by molar-refractivity contribution is 7.91. The maximum absolute atomic E-state index is 13.1. The van der Waals surface area contributed by atoms with Gasteiger partial charge in [-0.15, -0.1) is 11.3 Å². The summed E-state index contributed by atoms with van der Waals surface area (Å²) in [7, 11) is -3.78. The zero-order chi connectivity index (χ0) is 22.3. The van der Waals surface area contributed by atoms with E-state index in [1.165, 1.54) is 23.0 Å². The maximum Gasteiger partial charge on any atom is 0.253 e. The fraction of sp³-hybridized carbons (Fsp3) is 0.200. The van der Waals surface area contributed by atoms with Crippen LogP contribution in [-0.4, -0.2) is 58.3 Å². The molecule has 4 aromatic rings. The Kier molecular flexibility index (Phi) is 5.12. The molecule has 1 fully saturated rings. The number of sulfonamides is 1. The zero-order valence-electron chi connectivity index (χ0n) is 16.7. The first-order chi connectivity index (χ1) is 15.4. The summed E-state index contributed by atoms with van der Waals surface area (Å²) in [6, 6.07) is 10.4. The zero-order valence-corrected chi connectivity index (χ0v) is 18.3. The number of anilines is 1. The van der Waals surface area contributed by atoms with Gasteiger partial charge in [-0.2, -0.15) is 4.31 Å². The van der Waals surface area contributed by atoms with Crippen LogP contribution < -0.4 is 5.73 Å². The van der Waals surface area contributed by atoms with Gasteiger partial charge in [0.2, 0.25) is 5.91 Å². The van der Waals surface area contributed by atoms with E-state index in [0.29, 0.717) is 35.0 Å². The summed E-state index contributed by atoms with van der Waals surface area (Å²) in [6.07, 6.45) is 2.83. The van der Waals surface area contributed by atoms with Gasteiger partial charge in [-0.1, -0.05) is 11.2 Å². The monoisotopic (exact) mass is 470 g/mol. The minimum absolute atomic E-state index is 0.170. The quantitative estimate of drug-likeness (QED) is 0.468. The van der Waals surface area contributed by atoms with E-state index in [4.69, 9.17) is 10.3 Å². The molecule has 32 heavy (non-hydrogen) atoms. The third-order valence-corrected chi connectivity index (χ3v) is 8.67. The molecular weight excluding hydrogens is 452 g/mol. The first-order valence-electron chi connectivity index (χ1n) is 9.69. The number of nitrogens with zero attached hydrogens (tertiary/aromatic N) is 5. The predicted molar refractivity (Wildman–Crippen MR) is 118 cm³/mol. The summed E-state index contributed by atoms with van der Waals surface area (Å²) >= 11 is 1.10. The van der Waals surface area contributed by atoms with Crippen LogP contribution in [0.2, 0.25) is 0 Å². The smallest absolute Gasteiger partial charge is 0.253 e. The number of amides is 1. The van der Waals surface area contributed by atoms with Crippen molar-refractivity contribution in [2.24, 2.45) is 0 Å². The molecule has 0 radical (unpaired) electrons. The number of rotatable bonds is 5. The molecule has 0 saturated carbocycles. The average Bonchev–Trinajstić information content (AvgIpc) is 3.47. The van der Waals surface area contributed by atoms with Crippen LogP contribution in [0.3, 0.4) is 0 Å². The Labute approximate surface area is 187 Å². The van der Waals surface area contributed by atoms with Crippen LogP contribution >= 0.6 is 11.3 Å². The molecule has 1 amide bonds. The SMILES string of the molecule is Nc1ncnc2cc(CN3CCN(S(=O)(=O)c4ccc(-c5ccon5)s4)CC3=O)ccc12. The second-order valence-corrected chi connectivity index (χ2v) is 10.5. The minimum atomic E-state index is -3.78. The van der Waals surface area contributed by atoms with E-state index < -0.39 is 10.0 Å². The van der Waals surface area contributed by atoms with Crippen molar-refractivity contribution in [1.29, 1.82) is 0 Å². The first-order valence-corrected chi connectivity index (χ1v) is 11.9. The van der Waals surface area contributed by atoms with Crippen molar-refractivity contribution < 1.29 is 17.7 Å². The number of carbonyl (C=O) groups excluding carboxylic acids is 1. The van der Waals surface area contributed by atoms with Crippen LogP contribution in [0.5, 0.6) is 0 Å². The average molecular weight is 471 g/mol. The Balaban J connectivity index is 1.29. The van der Waals surface area contributed by atoms with E-state index in [1.807, 2.05) is 18.2 Å². The molecule has 1 aliphatic heterocycles. The van der Waals surface area contributed by atoms with E-state index in [1.54, 1.807) is 17.0 Å². The second kappa shape index (κ2) is 7.97. The van der Waals surface area contributed by atoms with Crippen LogP contribution in [0, 0.1) is 0 Å². The molecule has 2 N–H and O–H groups in total. The molecule has 3 aromatic heterocycles. The number of hydrogen-bond donors (Lipinski definition) is 1. The molecule has 5 rings (SSSR count). The minimum Gasteiger partial charge on any atom is -0.383 e. The summed E-state index contributed by atoms with van der Waals surface area (Å²) in [5, 5.41) is 4.58. The molecule has 164 valence electrons. The Hall–Kier alpha value is -3.35. The van der Waals surface area contributed by atoms with Gasteiger partial charge < -0.3 is 15.2 Å². The van der Waals surface area contributed by atoms with Crippen LogP contribution in [0.4, 0.5) is 5.82 Å². The topological polar surface area (TPSA) is 136 Å². The number of nitrogens with two attached hydrogens (primary N) is 1. The van der Waals surface area contributed by atoms with Crippen molar-refractivity contribution in [1.82, 2.24) is 24.3 Å². The molecule has 10 nitrogen and oxygen atoms in total. The molecule has 0 aliphatic carbocycles. The van der Waals surface area contributed by atoms with Gasteiger partial charge in [-0.3, -0.25) is 4.79 Å². The Morgan fingerprint density at radius 2 is 2.00 bits per heavy atom. The van der Waals surface area contributed by atoms with E-state index in [0.717, 1.165) is 22.3 Å². The fourth-order valence-corrected chi connectivity index (χ4v) is 6.37. The van der Waals surface area contributed by atoms with Gasteiger partial charge >= 0.3 is 0 Å². The number of thiophene rings is 1. The Morgan fingerprint density at radius 1 is 1.12 bits per heavy atom. The molecule has 0 atom stereocenters. The van der Waals surface area contributed by atoms with Crippen molar-refractivity contribution in [3.63, 3.8) is 0 Å². The number of aromatic nitrogens is 3. The third kappa shape index (κ3) is 3.72. The Bertz CT molecular complexity index is 1400. The number of hydrogen-bond acceptors (Lipinski definition) is 9. The van der Waals surface area contributed by atoms with Crippen molar-refractivity contribution in [3.8, 4) is 10.6 Å². The predicted octanol–water partition coefficient (Wildman–Crippen LogP) is 1.96. The maximum atomic E-state index is 13.1. The molecule has 0 spiro atoms. The van der Waals surface area contributed by atoms with Crippen LogP contribution in [-0.2, 0) is 21.4 Å². The summed E-state index contributed by atoms with van der Waals surface area (Å²) in [6.45, 7) is 0.668. The fourth-order valence-electron chi connectivity index (χ4n) is 3.56.